The van der Waals surface area contributed by atoms with E-state index >= 15 is 0 Å². The molecule has 2 aromatic carbocycles. The van der Waals surface area contributed by atoms with Gasteiger partial charge < -0.3 is 14.7 Å². The van der Waals surface area contributed by atoms with Crippen LogP contribution in [0, 0.1) is 0 Å². The van der Waals surface area contributed by atoms with Gasteiger partial charge in [-0.25, -0.2) is 4.79 Å². The molecule has 0 saturated heterocycles. The van der Waals surface area contributed by atoms with E-state index in [1.165, 1.54) is 6.92 Å². The Kier molecular flexibility index (Phi) is 5.41. The molecule has 1 N–H and O–H groups in total. The van der Waals surface area contributed by atoms with Crippen molar-refractivity contribution in [1.82, 2.24) is 4.90 Å². The van der Waals surface area contributed by atoms with E-state index < -0.39 is 24.9 Å². The lowest BCUT2D eigenvalue weighted by Gasteiger charge is -2.25. The van der Waals surface area contributed by atoms with Crippen LogP contribution in [0.4, 0.5) is 18.0 Å². The molecule has 7 heteroatoms. The lowest BCUT2D eigenvalue weighted by atomic mass is 9.98. The molecule has 27 heavy (non-hydrogen) atoms. The van der Waals surface area contributed by atoms with E-state index in [0.29, 0.717) is 0 Å². The number of aliphatic hydroxyl groups excluding tert-OH is 1. The van der Waals surface area contributed by atoms with Crippen molar-refractivity contribution >= 4 is 6.09 Å². The molecule has 0 bridgehead atoms. The molecular formula is C20H20F3NO3. The van der Waals surface area contributed by atoms with Crippen molar-refractivity contribution < 1.29 is 27.8 Å². The highest BCUT2D eigenvalue weighted by Gasteiger charge is 2.40. The number of halogens is 3. The second-order valence-electron chi connectivity index (χ2n) is 6.40. The molecule has 1 aliphatic carbocycles. The van der Waals surface area contributed by atoms with Crippen molar-refractivity contribution in [2.24, 2.45) is 0 Å². The summed E-state index contributed by atoms with van der Waals surface area (Å²) in [6.45, 7) is 0.705. The second-order valence-corrected chi connectivity index (χ2v) is 6.40. The number of carbonyl (C=O) groups is 1. The number of hydrogen-bond donors (Lipinski definition) is 1. The summed E-state index contributed by atoms with van der Waals surface area (Å²) in [6.07, 6.45) is -8.25. The van der Waals surface area contributed by atoms with Crippen molar-refractivity contribution in [2.75, 3.05) is 19.7 Å². The van der Waals surface area contributed by atoms with Crippen LogP contribution in [0.5, 0.6) is 0 Å². The van der Waals surface area contributed by atoms with Crippen molar-refractivity contribution in [2.45, 2.75) is 25.1 Å². The lowest BCUT2D eigenvalue weighted by Crippen LogP contribution is -2.44. The summed E-state index contributed by atoms with van der Waals surface area (Å²) in [5, 5.41) is 9.20. The predicted molar refractivity (Wildman–Crippen MR) is 94.4 cm³/mol. The van der Waals surface area contributed by atoms with Gasteiger partial charge in [0.2, 0.25) is 0 Å². The minimum atomic E-state index is -4.78. The first-order valence-electron chi connectivity index (χ1n) is 8.67. The van der Waals surface area contributed by atoms with Crippen LogP contribution in [-0.2, 0) is 4.74 Å². The first-order valence-corrected chi connectivity index (χ1v) is 8.67. The third-order valence-electron chi connectivity index (χ3n) is 4.75. The first kappa shape index (κ1) is 19.2. The molecule has 144 valence electrons. The average Bonchev–Trinajstić information content (AvgIpc) is 2.97. The fourth-order valence-corrected chi connectivity index (χ4v) is 3.33. The summed E-state index contributed by atoms with van der Waals surface area (Å²) < 4.78 is 42.9. The van der Waals surface area contributed by atoms with Gasteiger partial charge in [-0.15, -0.1) is 0 Å². The van der Waals surface area contributed by atoms with Crippen molar-refractivity contribution in [1.29, 1.82) is 0 Å². The number of amides is 1. The highest BCUT2D eigenvalue weighted by molar-refractivity contribution is 5.79. The summed E-state index contributed by atoms with van der Waals surface area (Å²) in [4.78, 5) is 13.1. The quantitative estimate of drug-likeness (QED) is 0.848. The second kappa shape index (κ2) is 7.60. The number of nitrogens with zero attached hydrogens (tertiary/aromatic N) is 1. The van der Waals surface area contributed by atoms with Crippen LogP contribution in [0.1, 0.15) is 24.0 Å². The molecule has 0 fully saturated rings. The molecule has 0 saturated carbocycles. The van der Waals surface area contributed by atoms with Crippen molar-refractivity contribution in [3.63, 3.8) is 0 Å². The lowest BCUT2D eigenvalue weighted by molar-refractivity contribution is -0.206. The summed E-state index contributed by atoms with van der Waals surface area (Å²) in [7, 11) is 0. The Labute approximate surface area is 155 Å². The first-order chi connectivity index (χ1) is 12.8. The van der Waals surface area contributed by atoms with E-state index in [2.05, 4.69) is 0 Å². The van der Waals surface area contributed by atoms with Gasteiger partial charge in [0, 0.05) is 12.5 Å². The number of hydrogen-bond acceptors (Lipinski definition) is 3. The standard InChI is InChI=1S/C20H20F3NO3/c1-2-24(11-18(25)20(21,22)23)19(26)27-12-17-15-9-5-3-7-13(15)14-8-4-6-10-16(14)17/h3-10,17-18,25H,2,11-12H2,1H3/t18-/m0/s1. The molecule has 0 heterocycles. The number of aliphatic hydroxyl groups is 1. The largest absolute Gasteiger partial charge is 0.448 e. The van der Waals surface area contributed by atoms with Gasteiger partial charge in [-0.2, -0.15) is 13.2 Å². The van der Waals surface area contributed by atoms with E-state index in [-0.39, 0.29) is 19.1 Å². The topological polar surface area (TPSA) is 49.8 Å². The smallest absolute Gasteiger partial charge is 0.416 e. The zero-order valence-corrected chi connectivity index (χ0v) is 14.7. The van der Waals surface area contributed by atoms with Crippen LogP contribution in [-0.4, -0.2) is 48.1 Å². The molecular weight excluding hydrogens is 359 g/mol. The number of carbonyl (C=O) groups excluding carboxylic acids is 1. The Hall–Kier alpha value is -2.54. The van der Waals surface area contributed by atoms with Gasteiger partial charge in [0.15, 0.2) is 6.10 Å². The van der Waals surface area contributed by atoms with Crippen LogP contribution in [0.3, 0.4) is 0 Å². The van der Waals surface area contributed by atoms with E-state index in [4.69, 9.17) is 4.74 Å². The molecule has 0 aliphatic heterocycles. The maximum Gasteiger partial charge on any atom is 0.416 e. The van der Waals surface area contributed by atoms with Gasteiger partial charge in [0.05, 0.1) is 6.54 Å². The predicted octanol–water partition coefficient (Wildman–Crippen LogP) is 4.18. The minimum Gasteiger partial charge on any atom is -0.448 e. The summed E-state index contributed by atoms with van der Waals surface area (Å²) in [6, 6.07) is 15.6. The monoisotopic (exact) mass is 379 g/mol. The fourth-order valence-electron chi connectivity index (χ4n) is 3.33. The van der Waals surface area contributed by atoms with Crippen molar-refractivity contribution in [3.8, 4) is 11.1 Å². The van der Waals surface area contributed by atoms with Crippen LogP contribution in [0.25, 0.3) is 11.1 Å². The normalized spacial score (nSPS) is 14.4. The number of ether oxygens (including phenoxy) is 1. The molecule has 1 amide bonds. The molecule has 1 atom stereocenters. The highest BCUT2D eigenvalue weighted by atomic mass is 19.4. The number of fused-ring (bicyclic) bond motifs is 3. The zero-order valence-electron chi connectivity index (χ0n) is 14.7. The van der Waals surface area contributed by atoms with Gasteiger partial charge in [0.25, 0.3) is 0 Å². The SMILES string of the molecule is CCN(C[C@H](O)C(F)(F)F)C(=O)OCC1c2ccccc2-c2ccccc21. The Bertz CT molecular complexity index is 777. The summed E-state index contributed by atoms with van der Waals surface area (Å²) in [5.41, 5.74) is 4.16. The van der Waals surface area contributed by atoms with E-state index in [9.17, 15) is 23.1 Å². The van der Waals surface area contributed by atoms with Gasteiger partial charge >= 0.3 is 12.3 Å². The molecule has 3 rings (SSSR count). The summed E-state index contributed by atoms with van der Waals surface area (Å²) >= 11 is 0. The average molecular weight is 379 g/mol. The van der Waals surface area contributed by atoms with Gasteiger partial charge in [-0.3, -0.25) is 0 Å². The zero-order chi connectivity index (χ0) is 19.6. The van der Waals surface area contributed by atoms with E-state index in [1.54, 1.807) is 0 Å². The molecule has 0 unspecified atom stereocenters. The number of rotatable bonds is 5. The fraction of sp³-hybridized carbons (Fsp3) is 0.350. The van der Waals surface area contributed by atoms with Crippen LogP contribution in [0.15, 0.2) is 48.5 Å². The van der Waals surface area contributed by atoms with Gasteiger partial charge in [-0.1, -0.05) is 48.5 Å². The maximum absolute atomic E-state index is 12.5. The van der Waals surface area contributed by atoms with Crippen LogP contribution >= 0.6 is 0 Å². The molecule has 2 aromatic rings. The molecule has 0 radical (unpaired) electrons. The number of benzene rings is 2. The highest BCUT2D eigenvalue weighted by Crippen LogP contribution is 2.44. The Balaban J connectivity index is 1.72. The van der Waals surface area contributed by atoms with Gasteiger partial charge in [-0.05, 0) is 29.2 Å². The third-order valence-corrected chi connectivity index (χ3v) is 4.75. The molecule has 1 aliphatic rings. The van der Waals surface area contributed by atoms with Crippen molar-refractivity contribution in [3.05, 3.63) is 59.7 Å². The van der Waals surface area contributed by atoms with Gasteiger partial charge in [0.1, 0.15) is 6.61 Å². The molecule has 4 nitrogen and oxygen atoms in total. The van der Waals surface area contributed by atoms with E-state index in [0.717, 1.165) is 27.2 Å². The molecule has 0 spiro atoms. The van der Waals surface area contributed by atoms with E-state index in [1.807, 2.05) is 48.5 Å². The maximum atomic E-state index is 12.5. The van der Waals surface area contributed by atoms with Crippen LogP contribution in [0.2, 0.25) is 0 Å². The molecule has 0 aromatic heterocycles. The van der Waals surface area contributed by atoms with Crippen LogP contribution < -0.4 is 0 Å². The summed E-state index contributed by atoms with van der Waals surface area (Å²) in [5.74, 6) is -0.174. The number of likely N-dealkylation sites (N-methyl/N-ethyl adjacent to an activating group) is 1. The third kappa shape index (κ3) is 3.93. The Morgan fingerprint density at radius 1 is 1.11 bits per heavy atom. The Morgan fingerprint density at radius 2 is 1.63 bits per heavy atom. The Morgan fingerprint density at radius 3 is 2.11 bits per heavy atom. The number of alkyl halides is 3. The minimum absolute atomic E-state index is 0.00378.